The second kappa shape index (κ2) is 4.91. The summed E-state index contributed by atoms with van der Waals surface area (Å²) in [5.74, 6) is 0.0639. The lowest BCUT2D eigenvalue weighted by Gasteiger charge is -1.96. The number of nitrogens with one attached hydrogen (secondary N) is 1. The lowest BCUT2D eigenvalue weighted by molar-refractivity contribution is -0.115. The summed E-state index contributed by atoms with van der Waals surface area (Å²) in [6.45, 7) is 5.03. The standard InChI is InChI=1S/C8H13NO/c1-3-4-5-8(9)6-7(2)10/h3,9H,1,4-6H2,2H3. The van der Waals surface area contributed by atoms with Crippen LogP contribution in [0.25, 0.3) is 0 Å². The molecule has 10 heavy (non-hydrogen) atoms. The van der Waals surface area contributed by atoms with E-state index in [2.05, 4.69) is 6.58 Å². The molecule has 0 aromatic carbocycles. The van der Waals surface area contributed by atoms with Gasteiger partial charge in [-0.3, -0.25) is 4.79 Å². The Morgan fingerprint density at radius 1 is 1.70 bits per heavy atom. The number of Topliss-reactive ketones (excluding diaryl/α,β-unsaturated/α-hetero) is 1. The van der Waals surface area contributed by atoms with Crippen LogP contribution < -0.4 is 0 Å². The molecule has 0 aliphatic rings. The van der Waals surface area contributed by atoms with Crippen molar-refractivity contribution in [2.75, 3.05) is 0 Å². The predicted octanol–water partition coefficient (Wildman–Crippen LogP) is 1.95. The smallest absolute Gasteiger partial charge is 0.135 e. The molecule has 0 saturated carbocycles. The van der Waals surface area contributed by atoms with Crippen molar-refractivity contribution in [1.82, 2.24) is 0 Å². The second-order valence-corrected chi connectivity index (χ2v) is 2.31. The average molecular weight is 139 g/mol. The Morgan fingerprint density at radius 2 is 2.30 bits per heavy atom. The van der Waals surface area contributed by atoms with Gasteiger partial charge in [-0.1, -0.05) is 6.08 Å². The lowest BCUT2D eigenvalue weighted by atomic mass is 10.1. The first kappa shape index (κ1) is 9.08. The van der Waals surface area contributed by atoms with Crippen LogP contribution in [-0.4, -0.2) is 11.5 Å². The Kier molecular flexibility index (Phi) is 4.46. The third-order valence-electron chi connectivity index (χ3n) is 1.11. The van der Waals surface area contributed by atoms with E-state index in [-0.39, 0.29) is 5.78 Å². The van der Waals surface area contributed by atoms with Gasteiger partial charge in [0.05, 0.1) is 0 Å². The highest BCUT2D eigenvalue weighted by atomic mass is 16.1. The molecule has 56 valence electrons. The van der Waals surface area contributed by atoms with E-state index in [1.165, 1.54) is 6.92 Å². The van der Waals surface area contributed by atoms with E-state index in [0.717, 1.165) is 6.42 Å². The van der Waals surface area contributed by atoms with Gasteiger partial charge in [0.25, 0.3) is 0 Å². The summed E-state index contributed by atoms with van der Waals surface area (Å²) in [5.41, 5.74) is 0.507. The first-order valence-corrected chi connectivity index (χ1v) is 3.33. The molecule has 0 atom stereocenters. The van der Waals surface area contributed by atoms with Gasteiger partial charge in [-0.05, 0) is 19.8 Å². The maximum atomic E-state index is 10.5. The quantitative estimate of drug-likeness (QED) is 0.459. The summed E-state index contributed by atoms with van der Waals surface area (Å²) in [6, 6.07) is 0. The lowest BCUT2D eigenvalue weighted by Crippen LogP contribution is -2.02. The topological polar surface area (TPSA) is 40.9 Å². The molecule has 2 heteroatoms. The van der Waals surface area contributed by atoms with Crippen molar-refractivity contribution in [3.63, 3.8) is 0 Å². The van der Waals surface area contributed by atoms with Crippen molar-refractivity contribution in [3.05, 3.63) is 12.7 Å². The second-order valence-electron chi connectivity index (χ2n) is 2.31. The molecule has 0 radical (unpaired) electrons. The van der Waals surface area contributed by atoms with Gasteiger partial charge in [0.15, 0.2) is 0 Å². The van der Waals surface area contributed by atoms with Crippen LogP contribution in [0.1, 0.15) is 26.2 Å². The number of hydrogen-bond acceptors (Lipinski definition) is 2. The van der Waals surface area contributed by atoms with Crippen molar-refractivity contribution in [2.45, 2.75) is 26.2 Å². The number of carbonyl (C=O) groups is 1. The Labute approximate surface area is 61.5 Å². The van der Waals surface area contributed by atoms with Crippen molar-refractivity contribution < 1.29 is 4.79 Å². The number of carbonyl (C=O) groups excluding carboxylic acids is 1. The maximum Gasteiger partial charge on any atom is 0.135 e. The van der Waals surface area contributed by atoms with Crippen LogP contribution in [0.3, 0.4) is 0 Å². The number of rotatable bonds is 5. The number of ketones is 1. The van der Waals surface area contributed by atoms with E-state index >= 15 is 0 Å². The van der Waals surface area contributed by atoms with E-state index in [0.29, 0.717) is 18.6 Å². The van der Waals surface area contributed by atoms with Gasteiger partial charge in [0.1, 0.15) is 5.78 Å². The minimum atomic E-state index is 0.0639. The third kappa shape index (κ3) is 5.22. The Balaban J connectivity index is 3.43. The van der Waals surface area contributed by atoms with E-state index in [4.69, 9.17) is 5.41 Å². The largest absolute Gasteiger partial charge is 0.309 e. The summed E-state index contributed by atoms with van der Waals surface area (Å²) in [7, 11) is 0. The molecule has 0 fully saturated rings. The predicted molar refractivity (Wildman–Crippen MR) is 42.5 cm³/mol. The molecule has 0 amide bonds. The fraction of sp³-hybridized carbons (Fsp3) is 0.500. The molecular weight excluding hydrogens is 126 g/mol. The number of hydrogen-bond donors (Lipinski definition) is 1. The average Bonchev–Trinajstić information content (AvgIpc) is 1.82. The molecule has 2 nitrogen and oxygen atoms in total. The van der Waals surface area contributed by atoms with Gasteiger partial charge in [-0.2, -0.15) is 0 Å². The zero-order valence-electron chi connectivity index (χ0n) is 6.31. The highest BCUT2D eigenvalue weighted by molar-refractivity contribution is 5.99. The van der Waals surface area contributed by atoms with Crippen molar-refractivity contribution in [2.24, 2.45) is 0 Å². The van der Waals surface area contributed by atoms with Crippen molar-refractivity contribution in [1.29, 1.82) is 5.41 Å². The molecule has 0 unspecified atom stereocenters. The van der Waals surface area contributed by atoms with Gasteiger partial charge in [-0.25, -0.2) is 0 Å². The summed E-state index contributed by atoms with van der Waals surface area (Å²) < 4.78 is 0. The van der Waals surface area contributed by atoms with Crippen LogP contribution in [0.15, 0.2) is 12.7 Å². The minimum Gasteiger partial charge on any atom is -0.309 e. The maximum absolute atomic E-state index is 10.5. The fourth-order valence-electron chi connectivity index (χ4n) is 0.665. The Morgan fingerprint density at radius 3 is 2.70 bits per heavy atom. The highest BCUT2D eigenvalue weighted by Crippen LogP contribution is 1.96. The fourth-order valence-corrected chi connectivity index (χ4v) is 0.665. The summed E-state index contributed by atoms with van der Waals surface area (Å²) in [4.78, 5) is 10.5. The van der Waals surface area contributed by atoms with Crippen molar-refractivity contribution >= 4 is 11.5 Å². The van der Waals surface area contributed by atoms with Gasteiger partial charge < -0.3 is 5.41 Å². The van der Waals surface area contributed by atoms with E-state index in [1.54, 1.807) is 6.08 Å². The number of allylic oxidation sites excluding steroid dienone is 1. The normalized spacial score (nSPS) is 8.90. The van der Waals surface area contributed by atoms with Gasteiger partial charge in [0, 0.05) is 12.1 Å². The Bertz CT molecular complexity index is 149. The first-order valence-electron chi connectivity index (χ1n) is 3.33. The molecule has 0 spiro atoms. The van der Waals surface area contributed by atoms with Gasteiger partial charge >= 0.3 is 0 Å². The van der Waals surface area contributed by atoms with Crippen LogP contribution in [0.2, 0.25) is 0 Å². The molecule has 0 rings (SSSR count). The zero-order chi connectivity index (χ0) is 7.98. The molecule has 0 aliphatic carbocycles. The van der Waals surface area contributed by atoms with E-state index in [1.807, 2.05) is 0 Å². The SMILES string of the molecule is C=CCCC(=N)CC(C)=O. The summed E-state index contributed by atoms with van der Waals surface area (Å²) in [5, 5.41) is 7.25. The van der Waals surface area contributed by atoms with Crippen molar-refractivity contribution in [3.8, 4) is 0 Å². The van der Waals surface area contributed by atoms with Crippen LogP contribution >= 0.6 is 0 Å². The van der Waals surface area contributed by atoms with E-state index in [9.17, 15) is 4.79 Å². The molecule has 0 saturated heterocycles. The van der Waals surface area contributed by atoms with Crippen LogP contribution in [0.4, 0.5) is 0 Å². The van der Waals surface area contributed by atoms with E-state index < -0.39 is 0 Å². The summed E-state index contributed by atoms with van der Waals surface area (Å²) in [6.07, 6.45) is 3.53. The molecule has 1 N–H and O–H groups in total. The van der Waals surface area contributed by atoms with Crippen LogP contribution in [0.5, 0.6) is 0 Å². The molecule has 0 aliphatic heterocycles. The van der Waals surface area contributed by atoms with Gasteiger partial charge in [-0.15, -0.1) is 6.58 Å². The van der Waals surface area contributed by atoms with Crippen LogP contribution in [0, 0.1) is 5.41 Å². The molecule has 0 aromatic rings. The van der Waals surface area contributed by atoms with Crippen LogP contribution in [-0.2, 0) is 4.79 Å². The zero-order valence-corrected chi connectivity index (χ0v) is 6.31. The first-order chi connectivity index (χ1) is 4.66. The molecule has 0 bridgehead atoms. The third-order valence-corrected chi connectivity index (χ3v) is 1.11. The monoisotopic (exact) mass is 139 g/mol. The minimum absolute atomic E-state index is 0.0639. The molecule has 0 heterocycles. The summed E-state index contributed by atoms with van der Waals surface area (Å²) >= 11 is 0. The molecule has 0 aromatic heterocycles. The Hall–Kier alpha value is -0.920. The highest BCUT2D eigenvalue weighted by Gasteiger charge is 1.98. The van der Waals surface area contributed by atoms with Gasteiger partial charge in [0.2, 0.25) is 0 Å². The molecular formula is C8H13NO.